The van der Waals surface area contributed by atoms with Crippen molar-refractivity contribution in [3.05, 3.63) is 36.3 Å². The van der Waals surface area contributed by atoms with Crippen molar-refractivity contribution in [2.75, 3.05) is 18.8 Å². The fourth-order valence-corrected chi connectivity index (χ4v) is 3.98. The van der Waals surface area contributed by atoms with Crippen molar-refractivity contribution < 1.29 is 18.8 Å². The smallest absolute Gasteiger partial charge is 0.233 e. The van der Waals surface area contributed by atoms with Crippen LogP contribution < -0.4 is 5.32 Å². The van der Waals surface area contributed by atoms with Crippen molar-refractivity contribution in [3.8, 4) is 0 Å². The molecule has 1 fully saturated rings. The zero-order valence-electron chi connectivity index (χ0n) is 14.0. The third-order valence-corrected chi connectivity index (χ3v) is 5.54. The lowest BCUT2D eigenvalue weighted by atomic mass is 9.85. The Labute approximate surface area is 151 Å². The molecule has 1 saturated heterocycles. The molecule has 3 rings (SSSR count). The molecule has 2 aliphatic rings. The minimum Gasteiger partial charge on any atom is -0.468 e. The standard InChI is InChI=1S/C18H22N2O4S/c21-16(19-8-11-25-12-13-4-3-10-24-13)7-9-20-17(22)14-5-1-2-6-15(14)18(20)23/h1-4,10,14-15H,5-9,11-12H2,(H,19,21)/t14-,15+. The van der Waals surface area contributed by atoms with E-state index < -0.39 is 0 Å². The van der Waals surface area contributed by atoms with Gasteiger partial charge in [-0.2, -0.15) is 11.8 Å². The van der Waals surface area contributed by atoms with Crippen LogP contribution >= 0.6 is 11.8 Å². The van der Waals surface area contributed by atoms with E-state index in [-0.39, 0.29) is 42.5 Å². The molecule has 1 aliphatic carbocycles. The second-order valence-electron chi connectivity index (χ2n) is 6.22. The van der Waals surface area contributed by atoms with Gasteiger partial charge in [-0.25, -0.2) is 0 Å². The number of carbonyl (C=O) groups is 3. The Kier molecular flexibility index (Phi) is 5.96. The fraction of sp³-hybridized carbons (Fsp3) is 0.500. The summed E-state index contributed by atoms with van der Waals surface area (Å²) in [6.45, 7) is 0.733. The molecule has 0 radical (unpaired) electrons. The first kappa shape index (κ1) is 17.8. The van der Waals surface area contributed by atoms with E-state index in [0.717, 1.165) is 17.3 Å². The van der Waals surface area contributed by atoms with Gasteiger partial charge in [0.15, 0.2) is 0 Å². The summed E-state index contributed by atoms with van der Waals surface area (Å²) in [5.41, 5.74) is 0. The Balaban J connectivity index is 1.33. The molecule has 3 amide bonds. The molecular weight excluding hydrogens is 340 g/mol. The summed E-state index contributed by atoms with van der Waals surface area (Å²) < 4.78 is 5.23. The summed E-state index contributed by atoms with van der Waals surface area (Å²) in [6.07, 6.45) is 6.99. The van der Waals surface area contributed by atoms with E-state index in [1.807, 2.05) is 24.3 Å². The molecule has 0 spiro atoms. The lowest BCUT2D eigenvalue weighted by molar-refractivity contribution is -0.140. The van der Waals surface area contributed by atoms with Gasteiger partial charge >= 0.3 is 0 Å². The highest BCUT2D eigenvalue weighted by Gasteiger charge is 2.46. The van der Waals surface area contributed by atoms with Crippen LogP contribution in [0, 0.1) is 11.8 Å². The van der Waals surface area contributed by atoms with Gasteiger partial charge in [-0.15, -0.1) is 0 Å². The molecule has 1 N–H and O–H groups in total. The third-order valence-electron chi connectivity index (χ3n) is 4.55. The van der Waals surface area contributed by atoms with E-state index in [0.29, 0.717) is 19.4 Å². The Bertz CT molecular complexity index is 630. The minimum atomic E-state index is -0.224. The molecule has 0 bridgehead atoms. The van der Waals surface area contributed by atoms with Gasteiger partial charge in [-0.05, 0) is 25.0 Å². The monoisotopic (exact) mass is 362 g/mol. The maximum Gasteiger partial charge on any atom is 0.233 e. The largest absolute Gasteiger partial charge is 0.468 e. The summed E-state index contributed by atoms with van der Waals surface area (Å²) in [5, 5.41) is 2.83. The van der Waals surface area contributed by atoms with E-state index in [9.17, 15) is 14.4 Å². The van der Waals surface area contributed by atoms with Crippen LogP contribution in [0.15, 0.2) is 35.0 Å². The van der Waals surface area contributed by atoms with Crippen molar-refractivity contribution >= 4 is 29.5 Å². The highest BCUT2D eigenvalue weighted by atomic mass is 32.2. The molecule has 2 atom stereocenters. The van der Waals surface area contributed by atoms with E-state index >= 15 is 0 Å². The number of fused-ring (bicyclic) bond motifs is 1. The van der Waals surface area contributed by atoms with Crippen LogP contribution in [-0.2, 0) is 20.1 Å². The van der Waals surface area contributed by atoms with Crippen molar-refractivity contribution in [2.45, 2.75) is 25.0 Å². The first-order valence-corrected chi connectivity index (χ1v) is 9.69. The number of carbonyl (C=O) groups excluding carboxylic acids is 3. The average molecular weight is 362 g/mol. The average Bonchev–Trinajstić information content (AvgIpc) is 3.22. The summed E-state index contributed by atoms with van der Waals surface area (Å²) in [6, 6.07) is 3.77. The Morgan fingerprint density at radius 1 is 1.24 bits per heavy atom. The minimum absolute atomic E-state index is 0.124. The van der Waals surface area contributed by atoms with E-state index in [1.165, 1.54) is 4.90 Å². The molecule has 0 aromatic carbocycles. The summed E-state index contributed by atoms with van der Waals surface area (Å²) >= 11 is 1.68. The maximum absolute atomic E-state index is 12.3. The van der Waals surface area contributed by atoms with Crippen molar-refractivity contribution in [1.29, 1.82) is 0 Å². The molecule has 7 heteroatoms. The van der Waals surface area contributed by atoms with Crippen molar-refractivity contribution in [2.24, 2.45) is 11.8 Å². The van der Waals surface area contributed by atoms with Gasteiger partial charge in [-0.3, -0.25) is 19.3 Å². The summed E-state index contributed by atoms with van der Waals surface area (Å²) in [5.74, 6) is 1.64. The predicted octanol–water partition coefficient (Wildman–Crippen LogP) is 1.97. The van der Waals surface area contributed by atoms with Crippen LogP contribution in [0.5, 0.6) is 0 Å². The molecule has 6 nitrogen and oxygen atoms in total. The number of nitrogens with one attached hydrogen (secondary N) is 1. The third kappa shape index (κ3) is 4.34. The van der Waals surface area contributed by atoms with Crippen LogP contribution in [-0.4, -0.2) is 41.5 Å². The van der Waals surface area contributed by atoms with Gasteiger partial charge in [0, 0.05) is 25.3 Å². The molecular formula is C18H22N2O4S. The molecule has 134 valence electrons. The fourth-order valence-electron chi connectivity index (χ4n) is 3.22. The van der Waals surface area contributed by atoms with Gasteiger partial charge < -0.3 is 9.73 Å². The normalized spacial score (nSPS) is 22.3. The molecule has 1 aromatic heterocycles. The topological polar surface area (TPSA) is 79.6 Å². The maximum atomic E-state index is 12.3. The van der Waals surface area contributed by atoms with E-state index in [1.54, 1.807) is 18.0 Å². The van der Waals surface area contributed by atoms with Gasteiger partial charge in [-0.1, -0.05) is 12.2 Å². The summed E-state index contributed by atoms with van der Waals surface area (Å²) in [4.78, 5) is 37.8. The number of rotatable bonds is 8. The van der Waals surface area contributed by atoms with Crippen LogP contribution in [0.3, 0.4) is 0 Å². The number of thioether (sulfide) groups is 1. The van der Waals surface area contributed by atoms with Crippen LogP contribution in [0.2, 0.25) is 0 Å². The molecule has 1 aromatic rings. The number of imide groups is 1. The van der Waals surface area contributed by atoms with Gasteiger partial charge in [0.05, 0.1) is 23.9 Å². The quantitative estimate of drug-likeness (QED) is 0.434. The second kappa shape index (κ2) is 8.38. The van der Waals surface area contributed by atoms with E-state index in [4.69, 9.17) is 4.42 Å². The van der Waals surface area contributed by atoms with Crippen LogP contribution in [0.1, 0.15) is 25.0 Å². The predicted molar refractivity (Wildman–Crippen MR) is 94.6 cm³/mol. The Morgan fingerprint density at radius 2 is 1.96 bits per heavy atom. The van der Waals surface area contributed by atoms with E-state index in [2.05, 4.69) is 5.32 Å². The number of likely N-dealkylation sites (tertiary alicyclic amines) is 1. The lowest BCUT2D eigenvalue weighted by Crippen LogP contribution is -2.36. The lowest BCUT2D eigenvalue weighted by Gasteiger charge is -2.14. The Morgan fingerprint density at radius 3 is 2.60 bits per heavy atom. The highest BCUT2D eigenvalue weighted by Crippen LogP contribution is 2.34. The Hall–Kier alpha value is -2.02. The molecule has 25 heavy (non-hydrogen) atoms. The van der Waals surface area contributed by atoms with Gasteiger partial charge in [0.2, 0.25) is 17.7 Å². The van der Waals surface area contributed by atoms with Crippen molar-refractivity contribution in [1.82, 2.24) is 10.2 Å². The molecule has 2 heterocycles. The van der Waals surface area contributed by atoms with Gasteiger partial charge in [0.1, 0.15) is 5.76 Å². The summed E-state index contributed by atoms with van der Waals surface area (Å²) in [7, 11) is 0. The number of nitrogens with zero attached hydrogens (tertiary/aromatic N) is 1. The van der Waals surface area contributed by atoms with Crippen LogP contribution in [0.25, 0.3) is 0 Å². The molecule has 1 aliphatic heterocycles. The van der Waals surface area contributed by atoms with Gasteiger partial charge in [0.25, 0.3) is 0 Å². The number of allylic oxidation sites excluding steroid dienone is 2. The first-order valence-electron chi connectivity index (χ1n) is 8.54. The molecule has 0 unspecified atom stereocenters. The number of hydrogen-bond donors (Lipinski definition) is 1. The molecule has 0 saturated carbocycles. The zero-order chi connectivity index (χ0) is 17.6. The SMILES string of the molecule is O=C(CCN1C(=O)[C@H]2CC=CC[C@H]2C1=O)NCCSCc1ccco1. The second-order valence-corrected chi connectivity index (χ2v) is 7.32. The zero-order valence-corrected chi connectivity index (χ0v) is 14.8. The number of furan rings is 1. The van der Waals surface area contributed by atoms with Crippen LogP contribution in [0.4, 0.5) is 0 Å². The number of hydrogen-bond acceptors (Lipinski definition) is 5. The number of amides is 3. The van der Waals surface area contributed by atoms with Crippen molar-refractivity contribution in [3.63, 3.8) is 0 Å². The highest BCUT2D eigenvalue weighted by molar-refractivity contribution is 7.98. The first-order chi connectivity index (χ1) is 12.2.